The number of nitrogens with one attached hydrogen (secondary N) is 1. The van der Waals surface area contributed by atoms with Crippen molar-refractivity contribution in [3.05, 3.63) is 12.2 Å². The van der Waals surface area contributed by atoms with Gasteiger partial charge in [-0.25, -0.2) is 0 Å². The van der Waals surface area contributed by atoms with E-state index >= 15 is 0 Å². The van der Waals surface area contributed by atoms with E-state index in [2.05, 4.69) is 24.4 Å². The van der Waals surface area contributed by atoms with Gasteiger partial charge in [0.1, 0.15) is 0 Å². The van der Waals surface area contributed by atoms with E-state index in [1.165, 1.54) is 19.3 Å². The first kappa shape index (κ1) is 22.1. The zero-order chi connectivity index (χ0) is 17.0. The molecule has 0 aliphatic rings. The maximum Gasteiger partial charge on any atom is 0.305 e. The van der Waals surface area contributed by atoms with Crippen molar-refractivity contribution in [2.45, 2.75) is 77.6 Å². The van der Waals surface area contributed by atoms with E-state index < -0.39 is 0 Å². The van der Waals surface area contributed by atoms with Crippen molar-refractivity contribution in [1.82, 2.24) is 5.32 Å². The van der Waals surface area contributed by atoms with Crippen LogP contribution in [-0.4, -0.2) is 37.4 Å². The number of carbonyl (C=O) groups is 1. The second-order valence-corrected chi connectivity index (χ2v) is 5.94. The number of carbonyl (C=O) groups excluding carboxylic acids is 1. The molecule has 0 bridgehead atoms. The van der Waals surface area contributed by atoms with Crippen molar-refractivity contribution in [3.8, 4) is 0 Å². The molecule has 0 aromatic carbocycles. The smallest absolute Gasteiger partial charge is 0.305 e. The van der Waals surface area contributed by atoms with Crippen LogP contribution < -0.4 is 5.32 Å². The Bertz CT molecular complexity index is 280. The molecule has 0 fully saturated rings. The summed E-state index contributed by atoms with van der Waals surface area (Å²) in [5, 5.41) is 11.8. The van der Waals surface area contributed by atoms with Gasteiger partial charge in [0, 0.05) is 13.0 Å². The molecular formula is C19H37NO3. The molecule has 0 aromatic rings. The second-order valence-electron chi connectivity index (χ2n) is 5.94. The van der Waals surface area contributed by atoms with Crippen LogP contribution in [0.5, 0.6) is 0 Å². The van der Waals surface area contributed by atoms with E-state index in [1.807, 2.05) is 0 Å². The predicted octanol–water partition coefficient (Wildman–Crippen LogP) is 3.98. The van der Waals surface area contributed by atoms with E-state index in [4.69, 9.17) is 9.84 Å². The molecule has 0 amide bonds. The number of hydrogen-bond acceptors (Lipinski definition) is 4. The molecule has 0 aliphatic carbocycles. The van der Waals surface area contributed by atoms with Gasteiger partial charge in [-0.3, -0.25) is 4.79 Å². The molecule has 0 saturated carbocycles. The average molecular weight is 328 g/mol. The van der Waals surface area contributed by atoms with E-state index in [0.717, 1.165) is 51.5 Å². The van der Waals surface area contributed by atoms with Crippen LogP contribution in [0, 0.1) is 0 Å². The Hall–Kier alpha value is -0.870. The van der Waals surface area contributed by atoms with Crippen molar-refractivity contribution >= 4 is 5.97 Å². The highest BCUT2D eigenvalue weighted by Crippen LogP contribution is 2.07. The molecule has 0 radical (unpaired) electrons. The van der Waals surface area contributed by atoms with Crippen molar-refractivity contribution < 1.29 is 14.6 Å². The number of rotatable bonds is 17. The molecule has 0 saturated heterocycles. The van der Waals surface area contributed by atoms with Crippen LogP contribution in [0.1, 0.15) is 77.6 Å². The molecule has 0 unspecified atom stereocenters. The third-order valence-corrected chi connectivity index (χ3v) is 3.70. The minimum absolute atomic E-state index is 0.0412. The quantitative estimate of drug-likeness (QED) is 0.241. The Kier molecular flexibility index (Phi) is 18.5. The number of unbranched alkanes of at least 4 members (excludes halogenated alkanes) is 7. The van der Waals surface area contributed by atoms with Crippen LogP contribution in [0.3, 0.4) is 0 Å². The molecule has 23 heavy (non-hydrogen) atoms. The molecule has 4 heteroatoms. The lowest BCUT2D eigenvalue weighted by Crippen LogP contribution is -2.19. The third-order valence-electron chi connectivity index (χ3n) is 3.70. The topological polar surface area (TPSA) is 58.6 Å². The zero-order valence-corrected chi connectivity index (χ0v) is 15.0. The second kappa shape index (κ2) is 19.2. The fourth-order valence-corrected chi connectivity index (χ4v) is 2.34. The van der Waals surface area contributed by atoms with Crippen molar-refractivity contribution in [2.24, 2.45) is 0 Å². The number of esters is 1. The number of aliphatic hydroxyl groups is 1. The van der Waals surface area contributed by atoms with Gasteiger partial charge in [0.15, 0.2) is 0 Å². The highest BCUT2D eigenvalue weighted by atomic mass is 16.5. The first-order valence-corrected chi connectivity index (χ1v) is 9.43. The molecule has 0 atom stereocenters. The highest BCUT2D eigenvalue weighted by molar-refractivity contribution is 5.69. The van der Waals surface area contributed by atoms with Gasteiger partial charge in [-0.1, -0.05) is 38.3 Å². The summed E-state index contributed by atoms with van der Waals surface area (Å²) in [6.07, 6.45) is 16.0. The van der Waals surface area contributed by atoms with E-state index in [9.17, 15) is 4.79 Å². The summed E-state index contributed by atoms with van der Waals surface area (Å²) >= 11 is 0. The average Bonchev–Trinajstić information content (AvgIpc) is 2.56. The highest BCUT2D eigenvalue weighted by Gasteiger charge is 2.02. The predicted molar refractivity (Wildman–Crippen MR) is 96.5 cm³/mol. The molecule has 4 nitrogen and oxygen atoms in total. The zero-order valence-electron chi connectivity index (χ0n) is 15.0. The van der Waals surface area contributed by atoms with Crippen LogP contribution in [0.4, 0.5) is 0 Å². The fraction of sp³-hybridized carbons (Fsp3) is 0.842. The Morgan fingerprint density at radius 3 is 2.48 bits per heavy atom. The fourth-order valence-electron chi connectivity index (χ4n) is 2.34. The molecule has 0 aromatic heterocycles. The summed E-state index contributed by atoms with van der Waals surface area (Å²) in [5.74, 6) is -0.0412. The first-order valence-electron chi connectivity index (χ1n) is 9.43. The minimum Gasteiger partial charge on any atom is -0.466 e. The molecular weight excluding hydrogens is 290 g/mol. The van der Waals surface area contributed by atoms with Gasteiger partial charge in [-0.05, 0) is 51.5 Å². The monoisotopic (exact) mass is 327 g/mol. The molecule has 2 N–H and O–H groups in total. The molecule has 0 heterocycles. The SMILES string of the molecule is CCC=CCCCCCOC(=O)CCCCCCCNCCO. The van der Waals surface area contributed by atoms with Crippen LogP contribution in [-0.2, 0) is 9.53 Å². The molecule has 136 valence electrons. The van der Waals surface area contributed by atoms with Crippen molar-refractivity contribution in [1.29, 1.82) is 0 Å². The Labute approximate surface area is 142 Å². The standard InChI is InChI=1S/C19H37NO3/c1-2-3-4-5-6-10-13-18-23-19(22)14-11-8-7-9-12-15-20-16-17-21/h3-4,20-21H,2,5-18H2,1H3. The summed E-state index contributed by atoms with van der Waals surface area (Å²) in [4.78, 5) is 11.6. The van der Waals surface area contributed by atoms with E-state index in [0.29, 0.717) is 19.6 Å². The Morgan fingerprint density at radius 2 is 1.70 bits per heavy atom. The molecule has 0 aliphatic heterocycles. The third kappa shape index (κ3) is 19.1. The van der Waals surface area contributed by atoms with E-state index in [-0.39, 0.29) is 12.6 Å². The normalized spacial score (nSPS) is 11.2. The summed E-state index contributed by atoms with van der Waals surface area (Å²) in [6.45, 7) is 4.58. The number of allylic oxidation sites excluding steroid dienone is 2. The largest absolute Gasteiger partial charge is 0.466 e. The lowest BCUT2D eigenvalue weighted by atomic mass is 10.1. The molecule has 0 rings (SSSR count). The lowest BCUT2D eigenvalue weighted by molar-refractivity contribution is -0.143. The van der Waals surface area contributed by atoms with Crippen LogP contribution in [0.25, 0.3) is 0 Å². The Morgan fingerprint density at radius 1 is 0.957 bits per heavy atom. The van der Waals surface area contributed by atoms with Gasteiger partial charge < -0.3 is 15.2 Å². The van der Waals surface area contributed by atoms with Gasteiger partial charge in [-0.15, -0.1) is 0 Å². The van der Waals surface area contributed by atoms with E-state index in [1.54, 1.807) is 0 Å². The minimum atomic E-state index is -0.0412. The maximum atomic E-state index is 11.6. The van der Waals surface area contributed by atoms with Crippen molar-refractivity contribution in [2.75, 3.05) is 26.3 Å². The molecule has 0 spiro atoms. The van der Waals surface area contributed by atoms with Gasteiger partial charge in [0.05, 0.1) is 13.2 Å². The van der Waals surface area contributed by atoms with Crippen molar-refractivity contribution in [3.63, 3.8) is 0 Å². The van der Waals surface area contributed by atoms with Gasteiger partial charge in [0.25, 0.3) is 0 Å². The summed E-state index contributed by atoms with van der Waals surface area (Å²) in [7, 11) is 0. The summed E-state index contributed by atoms with van der Waals surface area (Å²) in [6, 6.07) is 0. The number of hydrogen-bond donors (Lipinski definition) is 2. The maximum absolute atomic E-state index is 11.6. The lowest BCUT2D eigenvalue weighted by Gasteiger charge is -2.05. The number of ether oxygens (including phenoxy) is 1. The van der Waals surface area contributed by atoms with Gasteiger partial charge in [-0.2, -0.15) is 0 Å². The summed E-state index contributed by atoms with van der Waals surface area (Å²) in [5.41, 5.74) is 0. The Balaban J connectivity index is 3.17. The van der Waals surface area contributed by atoms with Gasteiger partial charge in [0.2, 0.25) is 0 Å². The van der Waals surface area contributed by atoms with Crippen LogP contribution in [0.15, 0.2) is 12.2 Å². The van der Waals surface area contributed by atoms with Crippen LogP contribution in [0.2, 0.25) is 0 Å². The van der Waals surface area contributed by atoms with Gasteiger partial charge >= 0.3 is 5.97 Å². The first-order chi connectivity index (χ1) is 11.3. The summed E-state index contributed by atoms with van der Waals surface area (Å²) < 4.78 is 5.25. The number of aliphatic hydroxyl groups excluding tert-OH is 1. The van der Waals surface area contributed by atoms with Crippen LogP contribution >= 0.6 is 0 Å².